The van der Waals surface area contributed by atoms with Crippen molar-refractivity contribution in [2.45, 2.75) is 0 Å². The molecule has 4 nitrogen and oxygen atoms in total. The number of carbonyl (C=O) groups excluding carboxylic acids is 2. The highest BCUT2D eigenvalue weighted by molar-refractivity contribution is 5.93. The van der Waals surface area contributed by atoms with Crippen LogP contribution in [0.15, 0.2) is 36.4 Å². The molecule has 1 aromatic carbocycles. The minimum absolute atomic E-state index is 0.759. The number of hydrogen-bond donors (Lipinski definition) is 0. The first-order valence-electron chi connectivity index (χ1n) is 4.25. The molecule has 1 aromatic rings. The van der Waals surface area contributed by atoms with Gasteiger partial charge >= 0.3 is 12.1 Å². The van der Waals surface area contributed by atoms with Crippen LogP contribution in [0.2, 0.25) is 0 Å². The Kier molecular flexibility index (Phi) is 4.09. The van der Waals surface area contributed by atoms with Crippen molar-refractivity contribution in [3.63, 3.8) is 0 Å². The Balaban J connectivity index is 2.52. The maximum atomic E-state index is 11.0. The van der Waals surface area contributed by atoms with E-state index in [1.165, 1.54) is 0 Å². The fourth-order valence-corrected chi connectivity index (χ4v) is 0.886. The van der Waals surface area contributed by atoms with Gasteiger partial charge in [-0.05, 0) is 11.6 Å². The molecular formula is C11H10O4. The first-order chi connectivity index (χ1) is 7.22. The lowest BCUT2D eigenvalue weighted by Gasteiger charge is -1.96. The van der Waals surface area contributed by atoms with Gasteiger partial charge in [-0.1, -0.05) is 30.3 Å². The molecule has 0 aliphatic heterocycles. The summed E-state index contributed by atoms with van der Waals surface area (Å²) in [6.45, 7) is 0. The average molecular weight is 206 g/mol. The van der Waals surface area contributed by atoms with Crippen molar-refractivity contribution < 1.29 is 19.1 Å². The minimum atomic E-state index is -1.02. The molecule has 0 N–H and O–H groups in total. The molecule has 78 valence electrons. The van der Waals surface area contributed by atoms with E-state index in [9.17, 15) is 9.59 Å². The van der Waals surface area contributed by atoms with Crippen molar-refractivity contribution >= 4 is 18.2 Å². The molecule has 1 rings (SSSR count). The summed E-state index contributed by atoms with van der Waals surface area (Å²) >= 11 is 0. The van der Waals surface area contributed by atoms with Crippen LogP contribution >= 0.6 is 0 Å². The summed E-state index contributed by atoms with van der Waals surface area (Å²) in [5.74, 6) is -0.759. The molecule has 4 heteroatoms. The minimum Gasteiger partial charge on any atom is -0.437 e. The van der Waals surface area contributed by atoms with Crippen LogP contribution in [0.25, 0.3) is 6.08 Å². The second-order valence-corrected chi connectivity index (χ2v) is 2.62. The maximum Gasteiger partial charge on any atom is 0.516 e. The number of benzene rings is 1. The Morgan fingerprint density at radius 2 is 1.87 bits per heavy atom. The van der Waals surface area contributed by atoms with Gasteiger partial charge in [-0.3, -0.25) is 0 Å². The van der Waals surface area contributed by atoms with E-state index >= 15 is 0 Å². The molecular weight excluding hydrogens is 196 g/mol. The molecule has 0 bridgehead atoms. The van der Waals surface area contributed by atoms with Crippen molar-refractivity contribution in [2.24, 2.45) is 0 Å². The van der Waals surface area contributed by atoms with Crippen molar-refractivity contribution in [3.05, 3.63) is 42.0 Å². The van der Waals surface area contributed by atoms with Crippen LogP contribution in [0.5, 0.6) is 0 Å². The lowest BCUT2D eigenvalue weighted by Crippen LogP contribution is -2.09. The van der Waals surface area contributed by atoms with Crippen LogP contribution in [0.4, 0.5) is 4.79 Å². The summed E-state index contributed by atoms with van der Waals surface area (Å²) in [6, 6.07) is 9.19. The molecule has 0 saturated carbocycles. The third-order valence-electron chi connectivity index (χ3n) is 1.56. The predicted molar refractivity (Wildman–Crippen MR) is 54.0 cm³/mol. The highest BCUT2D eigenvalue weighted by Crippen LogP contribution is 2.01. The fourth-order valence-electron chi connectivity index (χ4n) is 0.886. The van der Waals surface area contributed by atoms with Crippen LogP contribution in [0.1, 0.15) is 5.56 Å². The van der Waals surface area contributed by atoms with Gasteiger partial charge in [0.15, 0.2) is 0 Å². The van der Waals surface area contributed by atoms with Crippen LogP contribution in [-0.2, 0) is 14.3 Å². The van der Waals surface area contributed by atoms with Crippen molar-refractivity contribution in [1.29, 1.82) is 0 Å². The Labute approximate surface area is 87.1 Å². The Hall–Kier alpha value is -2.10. The van der Waals surface area contributed by atoms with E-state index in [4.69, 9.17) is 0 Å². The predicted octanol–water partition coefficient (Wildman–Crippen LogP) is 2.01. The van der Waals surface area contributed by atoms with Crippen LogP contribution < -0.4 is 0 Å². The zero-order valence-electron chi connectivity index (χ0n) is 8.17. The van der Waals surface area contributed by atoms with Crippen molar-refractivity contribution in [3.8, 4) is 0 Å². The molecule has 0 heterocycles. The third kappa shape index (κ3) is 4.08. The van der Waals surface area contributed by atoms with E-state index in [1.807, 2.05) is 30.3 Å². The summed E-state index contributed by atoms with van der Waals surface area (Å²) in [5, 5.41) is 0. The number of rotatable bonds is 2. The summed E-state index contributed by atoms with van der Waals surface area (Å²) in [5.41, 5.74) is 0.847. The van der Waals surface area contributed by atoms with Gasteiger partial charge in [0.05, 0.1) is 7.11 Å². The quantitative estimate of drug-likeness (QED) is 0.422. The SMILES string of the molecule is COC(=O)OC(=O)C=Cc1ccccc1. The van der Waals surface area contributed by atoms with Gasteiger partial charge in [-0.2, -0.15) is 0 Å². The van der Waals surface area contributed by atoms with E-state index in [0.29, 0.717) is 0 Å². The fraction of sp³-hybridized carbons (Fsp3) is 0.0909. The largest absolute Gasteiger partial charge is 0.516 e. The third-order valence-corrected chi connectivity index (χ3v) is 1.56. The molecule has 0 aliphatic carbocycles. The van der Waals surface area contributed by atoms with Crippen LogP contribution in [0.3, 0.4) is 0 Å². The van der Waals surface area contributed by atoms with Gasteiger partial charge in [-0.15, -0.1) is 0 Å². The molecule has 0 aromatic heterocycles. The van der Waals surface area contributed by atoms with E-state index in [-0.39, 0.29) is 0 Å². The van der Waals surface area contributed by atoms with Crippen molar-refractivity contribution in [1.82, 2.24) is 0 Å². The van der Waals surface area contributed by atoms with Gasteiger partial charge < -0.3 is 9.47 Å². The highest BCUT2D eigenvalue weighted by atomic mass is 16.7. The summed E-state index contributed by atoms with van der Waals surface area (Å²) in [7, 11) is 1.14. The van der Waals surface area contributed by atoms with Crippen LogP contribution in [-0.4, -0.2) is 19.2 Å². The molecule has 15 heavy (non-hydrogen) atoms. The Morgan fingerprint density at radius 1 is 1.20 bits per heavy atom. The Bertz CT molecular complexity index is 367. The van der Waals surface area contributed by atoms with Gasteiger partial charge in [0.25, 0.3) is 0 Å². The topological polar surface area (TPSA) is 52.6 Å². The van der Waals surface area contributed by atoms with Gasteiger partial charge in [0.2, 0.25) is 0 Å². The molecule has 0 unspecified atom stereocenters. The standard InChI is InChI=1S/C11H10O4/c1-14-11(13)15-10(12)8-7-9-5-3-2-4-6-9/h2-8H,1H3. The summed E-state index contributed by atoms with van der Waals surface area (Å²) < 4.78 is 8.39. The first-order valence-corrected chi connectivity index (χ1v) is 4.25. The zero-order chi connectivity index (χ0) is 11.1. The normalized spacial score (nSPS) is 9.93. The molecule has 0 saturated heterocycles. The number of carbonyl (C=O) groups is 2. The molecule has 0 spiro atoms. The number of methoxy groups -OCH3 is 1. The lowest BCUT2D eigenvalue weighted by molar-refractivity contribution is -0.133. The highest BCUT2D eigenvalue weighted by Gasteiger charge is 2.05. The van der Waals surface area contributed by atoms with E-state index in [0.717, 1.165) is 18.7 Å². The Morgan fingerprint density at radius 3 is 2.47 bits per heavy atom. The number of hydrogen-bond acceptors (Lipinski definition) is 4. The van der Waals surface area contributed by atoms with Crippen molar-refractivity contribution in [2.75, 3.05) is 7.11 Å². The van der Waals surface area contributed by atoms with Gasteiger partial charge in [0, 0.05) is 6.08 Å². The average Bonchev–Trinajstić information content (AvgIpc) is 2.27. The van der Waals surface area contributed by atoms with Gasteiger partial charge in [0.1, 0.15) is 0 Å². The van der Waals surface area contributed by atoms with Crippen LogP contribution in [0, 0.1) is 0 Å². The maximum absolute atomic E-state index is 11.0. The molecule has 0 aliphatic rings. The first kappa shape index (κ1) is 11.0. The molecule has 0 amide bonds. The van der Waals surface area contributed by atoms with E-state index < -0.39 is 12.1 Å². The molecule has 0 radical (unpaired) electrons. The second kappa shape index (κ2) is 5.59. The zero-order valence-corrected chi connectivity index (χ0v) is 8.17. The summed E-state index contributed by atoms with van der Waals surface area (Å²) in [6.07, 6.45) is 1.69. The summed E-state index contributed by atoms with van der Waals surface area (Å²) in [4.78, 5) is 21.5. The smallest absolute Gasteiger partial charge is 0.437 e. The van der Waals surface area contributed by atoms with Gasteiger partial charge in [-0.25, -0.2) is 9.59 Å². The monoisotopic (exact) mass is 206 g/mol. The second-order valence-electron chi connectivity index (χ2n) is 2.62. The number of ether oxygens (including phenoxy) is 2. The number of esters is 1. The lowest BCUT2D eigenvalue weighted by atomic mass is 10.2. The molecule has 0 atom stereocenters. The van der Waals surface area contributed by atoms with E-state index in [1.54, 1.807) is 6.08 Å². The molecule has 0 fully saturated rings. The van der Waals surface area contributed by atoms with E-state index in [2.05, 4.69) is 9.47 Å².